The molecule has 0 fully saturated rings. The molecular weight excluding hydrogens is 330 g/mol. The number of anilines is 1. The molecule has 1 amide bonds. The lowest BCUT2D eigenvalue weighted by Crippen LogP contribution is -2.24. The van der Waals surface area contributed by atoms with Gasteiger partial charge >= 0.3 is 0 Å². The molecule has 0 aliphatic carbocycles. The molecule has 0 bridgehead atoms. The summed E-state index contributed by atoms with van der Waals surface area (Å²) < 4.78 is 12.6. The highest BCUT2D eigenvalue weighted by Crippen LogP contribution is 2.42. The van der Waals surface area contributed by atoms with Crippen LogP contribution >= 0.6 is 0 Å². The predicted octanol–water partition coefficient (Wildman–Crippen LogP) is 3.36. The van der Waals surface area contributed by atoms with Gasteiger partial charge < -0.3 is 14.8 Å². The van der Waals surface area contributed by atoms with Crippen molar-refractivity contribution < 1.29 is 14.3 Å². The van der Waals surface area contributed by atoms with E-state index in [1.54, 1.807) is 18.9 Å². The van der Waals surface area contributed by atoms with Crippen LogP contribution in [0.3, 0.4) is 0 Å². The molecule has 1 N–H and O–H groups in total. The second-order valence-electron chi connectivity index (χ2n) is 6.11. The Hall–Kier alpha value is -3.28. The fourth-order valence-electron chi connectivity index (χ4n) is 3.37. The summed E-state index contributed by atoms with van der Waals surface area (Å²) in [4.78, 5) is 12.4. The van der Waals surface area contributed by atoms with E-state index in [1.165, 1.54) is 0 Å². The van der Waals surface area contributed by atoms with Crippen molar-refractivity contribution in [1.29, 1.82) is 0 Å². The lowest BCUT2D eigenvalue weighted by Gasteiger charge is -2.25. The Kier molecular flexibility index (Phi) is 4.08. The third-order valence-corrected chi connectivity index (χ3v) is 4.64. The van der Waals surface area contributed by atoms with E-state index in [-0.39, 0.29) is 11.8 Å². The van der Waals surface area contributed by atoms with Crippen LogP contribution < -0.4 is 14.8 Å². The van der Waals surface area contributed by atoms with Crippen LogP contribution in [0.15, 0.2) is 54.7 Å². The van der Waals surface area contributed by atoms with Gasteiger partial charge in [0.15, 0.2) is 0 Å². The molecule has 0 saturated carbocycles. The highest BCUT2D eigenvalue weighted by atomic mass is 16.5. The van der Waals surface area contributed by atoms with Crippen molar-refractivity contribution in [3.63, 3.8) is 0 Å². The Labute approximate surface area is 151 Å². The quantitative estimate of drug-likeness (QED) is 0.784. The summed E-state index contributed by atoms with van der Waals surface area (Å²) in [6.07, 6.45) is 2.16. The highest BCUT2D eigenvalue weighted by molar-refractivity contribution is 5.94. The molecule has 2 aromatic carbocycles. The number of amides is 1. The van der Waals surface area contributed by atoms with Gasteiger partial charge in [0, 0.05) is 29.5 Å². The van der Waals surface area contributed by atoms with E-state index in [0.29, 0.717) is 23.7 Å². The first-order chi connectivity index (χ1) is 12.7. The van der Waals surface area contributed by atoms with Crippen molar-refractivity contribution in [2.45, 2.75) is 12.3 Å². The van der Waals surface area contributed by atoms with E-state index < -0.39 is 0 Å². The third-order valence-electron chi connectivity index (χ3n) is 4.64. The molecule has 6 heteroatoms. The highest BCUT2D eigenvalue weighted by Gasteiger charge is 2.32. The molecule has 0 unspecified atom stereocenters. The standard InChI is InChI=1S/C20H19N3O3/c1-25-14-8-9-15(18(10-14)26-2)16-11-19(24)22-20-17(16)12-21-23(20)13-6-4-3-5-7-13/h3-10,12,16H,11H2,1-2H3,(H,22,24)/t16-/m0/s1. The number of aromatic nitrogens is 2. The number of hydrogen-bond donors (Lipinski definition) is 1. The van der Waals surface area contributed by atoms with Gasteiger partial charge in [-0.15, -0.1) is 0 Å². The average Bonchev–Trinajstić information content (AvgIpc) is 3.11. The number of rotatable bonds is 4. The van der Waals surface area contributed by atoms with Gasteiger partial charge in [0.2, 0.25) is 5.91 Å². The average molecular weight is 349 g/mol. The molecule has 3 aromatic rings. The number of fused-ring (bicyclic) bond motifs is 1. The Balaban J connectivity index is 1.82. The zero-order valence-corrected chi connectivity index (χ0v) is 14.6. The van der Waals surface area contributed by atoms with Crippen molar-refractivity contribution in [1.82, 2.24) is 9.78 Å². The van der Waals surface area contributed by atoms with Crippen LogP contribution in [0.25, 0.3) is 5.69 Å². The summed E-state index contributed by atoms with van der Waals surface area (Å²) in [6.45, 7) is 0. The van der Waals surface area contributed by atoms with Crippen molar-refractivity contribution in [3.05, 3.63) is 65.9 Å². The molecule has 1 atom stereocenters. The molecule has 0 spiro atoms. The van der Waals surface area contributed by atoms with Crippen LogP contribution in [0, 0.1) is 0 Å². The van der Waals surface area contributed by atoms with Gasteiger partial charge in [-0.3, -0.25) is 4.79 Å². The number of nitrogens with one attached hydrogen (secondary N) is 1. The van der Waals surface area contributed by atoms with E-state index in [4.69, 9.17) is 9.47 Å². The van der Waals surface area contributed by atoms with E-state index in [2.05, 4.69) is 10.4 Å². The van der Waals surface area contributed by atoms with Gasteiger partial charge in [-0.05, 0) is 18.2 Å². The van der Waals surface area contributed by atoms with Crippen molar-refractivity contribution >= 4 is 11.7 Å². The van der Waals surface area contributed by atoms with Gasteiger partial charge in [-0.25, -0.2) is 4.68 Å². The van der Waals surface area contributed by atoms with Crippen molar-refractivity contribution in [3.8, 4) is 17.2 Å². The van der Waals surface area contributed by atoms with Crippen molar-refractivity contribution in [2.24, 2.45) is 0 Å². The topological polar surface area (TPSA) is 65.4 Å². The molecule has 1 aliphatic rings. The minimum atomic E-state index is -0.128. The van der Waals surface area contributed by atoms with Gasteiger partial charge in [-0.1, -0.05) is 24.3 Å². The fourth-order valence-corrected chi connectivity index (χ4v) is 3.37. The predicted molar refractivity (Wildman–Crippen MR) is 98.2 cm³/mol. The van der Waals surface area contributed by atoms with E-state index >= 15 is 0 Å². The Morgan fingerprint density at radius 1 is 1.08 bits per heavy atom. The van der Waals surface area contributed by atoms with Crippen LogP contribution in [-0.4, -0.2) is 29.9 Å². The molecule has 1 aromatic heterocycles. The lowest BCUT2D eigenvalue weighted by atomic mass is 9.86. The van der Waals surface area contributed by atoms with Crippen LogP contribution in [-0.2, 0) is 4.79 Å². The number of benzene rings is 2. The van der Waals surface area contributed by atoms with Gasteiger partial charge in [-0.2, -0.15) is 5.10 Å². The second kappa shape index (κ2) is 6.55. The van der Waals surface area contributed by atoms with Crippen molar-refractivity contribution in [2.75, 3.05) is 19.5 Å². The summed E-state index contributed by atoms with van der Waals surface area (Å²) in [5, 5.41) is 7.47. The molecule has 1 aliphatic heterocycles. The first-order valence-corrected chi connectivity index (χ1v) is 8.36. The molecule has 26 heavy (non-hydrogen) atoms. The number of methoxy groups -OCH3 is 2. The monoisotopic (exact) mass is 349 g/mol. The number of hydrogen-bond acceptors (Lipinski definition) is 4. The van der Waals surface area contributed by atoms with E-state index in [0.717, 1.165) is 16.8 Å². The largest absolute Gasteiger partial charge is 0.497 e. The number of para-hydroxylation sites is 1. The molecular formula is C20H19N3O3. The number of carbonyl (C=O) groups is 1. The third kappa shape index (κ3) is 2.69. The smallest absolute Gasteiger partial charge is 0.226 e. The second-order valence-corrected chi connectivity index (χ2v) is 6.11. The van der Waals surface area contributed by atoms with Gasteiger partial charge in [0.25, 0.3) is 0 Å². The Morgan fingerprint density at radius 2 is 1.88 bits per heavy atom. The number of nitrogens with zero attached hydrogens (tertiary/aromatic N) is 2. The first kappa shape index (κ1) is 16.2. The summed E-state index contributed by atoms with van der Waals surface area (Å²) in [6, 6.07) is 15.4. The molecule has 4 rings (SSSR count). The first-order valence-electron chi connectivity index (χ1n) is 8.36. The Morgan fingerprint density at radius 3 is 2.62 bits per heavy atom. The van der Waals surface area contributed by atoms with Crippen LogP contribution in [0.2, 0.25) is 0 Å². The van der Waals surface area contributed by atoms with E-state index in [1.807, 2.05) is 54.7 Å². The molecule has 132 valence electrons. The van der Waals surface area contributed by atoms with Crippen LogP contribution in [0.4, 0.5) is 5.82 Å². The van der Waals surface area contributed by atoms with Crippen LogP contribution in [0.5, 0.6) is 11.5 Å². The molecule has 2 heterocycles. The van der Waals surface area contributed by atoms with Gasteiger partial charge in [0.05, 0.1) is 26.1 Å². The lowest BCUT2D eigenvalue weighted by molar-refractivity contribution is -0.116. The van der Waals surface area contributed by atoms with Crippen LogP contribution in [0.1, 0.15) is 23.5 Å². The summed E-state index contributed by atoms with van der Waals surface area (Å²) in [7, 11) is 3.24. The zero-order chi connectivity index (χ0) is 18.1. The summed E-state index contributed by atoms with van der Waals surface area (Å²) in [5.41, 5.74) is 2.81. The van der Waals surface area contributed by atoms with Gasteiger partial charge in [0.1, 0.15) is 17.3 Å². The molecule has 0 saturated heterocycles. The van der Waals surface area contributed by atoms with E-state index in [9.17, 15) is 4.79 Å². The Bertz CT molecular complexity index is 950. The fraction of sp³-hybridized carbons (Fsp3) is 0.200. The maximum atomic E-state index is 12.4. The maximum Gasteiger partial charge on any atom is 0.226 e. The molecule has 0 radical (unpaired) electrons. The number of carbonyl (C=O) groups excluding carboxylic acids is 1. The minimum Gasteiger partial charge on any atom is -0.497 e. The summed E-state index contributed by atoms with van der Waals surface area (Å²) >= 11 is 0. The number of ether oxygens (including phenoxy) is 2. The summed E-state index contributed by atoms with van der Waals surface area (Å²) in [5.74, 6) is 1.94. The minimum absolute atomic E-state index is 0.0435. The zero-order valence-electron chi connectivity index (χ0n) is 14.6. The SMILES string of the molecule is COc1ccc([C@@H]2CC(=O)Nc3c2cnn3-c2ccccc2)c(OC)c1. The maximum absolute atomic E-state index is 12.4. The normalized spacial score (nSPS) is 15.9. The molecule has 6 nitrogen and oxygen atoms in total.